The first-order valence-electron chi connectivity index (χ1n) is 19.0. The molecule has 0 unspecified atom stereocenters. The van der Waals surface area contributed by atoms with Gasteiger partial charge in [-0.2, -0.15) is 0 Å². The number of benzene rings is 9. The van der Waals surface area contributed by atoms with Crippen LogP contribution in [-0.2, 0) is 5.41 Å². The lowest BCUT2D eigenvalue weighted by Crippen LogP contribution is -2.26. The number of furan rings is 1. The van der Waals surface area contributed by atoms with E-state index in [0.717, 1.165) is 33.6 Å². The molecule has 1 heterocycles. The summed E-state index contributed by atoms with van der Waals surface area (Å²) in [5.41, 5.74) is 17.7. The Morgan fingerprint density at radius 3 is 1.62 bits per heavy atom. The van der Waals surface area contributed by atoms with E-state index in [9.17, 15) is 0 Å². The molecule has 0 saturated carbocycles. The number of nitrogens with zero attached hydrogens (tertiary/aromatic N) is 1. The summed E-state index contributed by atoms with van der Waals surface area (Å²) in [6.45, 7) is 0. The van der Waals surface area contributed by atoms with Gasteiger partial charge in [0.1, 0.15) is 11.2 Å². The van der Waals surface area contributed by atoms with Crippen molar-refractivity contribution in [1.29, 1.82) is 0 Å². The fourth-order valence-electron chi connectivity index (χ4n) is 9.87. The summed E-state index contributed by atoms with van der Waals surface area (Å²) >= 11 is 0. The highest BCUT2D eigenvalue weighted by Gasteiger charge is 2.51. The highest BCUT2D eigenvalue weighted by Crippen LogP contribution is 2.63. The van der Waals surface area contributed by atoms with Crippen LogP contribution in [0.15, 0.2) is 205 Å². The summed E-state index contributed by atoms with van der Waals surface area (Å²) in [7, 11) is 0. The zero-order valence-electron chi connectivity index (χ0n) is 29.9. The first-order valence-corrected chi connectivity index (χ1v) is 19.0. The fraction of sp³-hybridized carbons (Fsp3) is 0.0189. The van der Waals surface area contributed by atoms with Crippen molar-refractivity contribution in [2.75, 3.05) is 4.90 Å². The molecule has 0 radical (unpaired) electrons. The summed E-state index contributed by atoms with van der Waals surface area (Å²) in [4.78, 5) is 2.40. The summed E-state index contributed by atoms with van der Waals surface area (Å²) in [5.74, 6) is 0. The molecular weight excluding hydrogens is 667 g/mol. The maximum absolute atomic E-state index is 6.32. The topological polar surface area (TPSA) is 16.4 Å². The monoisotopic (exact) mass is 699 g/mol. The second-order valence-corrected chi connectivity index (χ2v) is 14.8. The smallest absolute Gasteiger partial charge is 0.136 e. The van der Waals surface area contributed by atoms with Crippen molar-refractivity contribution < 1.29 is 4.42 Å². The first kappa shape index (κ1) is 30.3. The van der Waals surface area contributed by atoms with Crippen LogP contribution in [0.4, 0.5) is 17.1 Å². The van der Waals surface area contributed by atoms with Gasteiger partial charge in [0.25, 0.3) is 0 Å². The van der Waals surface area contributed by atoms with Crippen molar-refractivity contribution in [3.8, 4) is 33.4 Å². The molecule has 0 amide bonds. The molecule has 9 aromatic carbocycles. The van der Waals surface area contributed by atoms with Gasteiger partial charge in [0, 0.05) is 33.2 Å². The van der Waals surface area contributed by atoms with Crippen molar-refractivity contribution >= 4 is 49.8 Å². The molecule has 0 N–H and O–H groups in total. The van der Waals surface area contributed by atoms with Gasteiger partial charge in [-0.25, -0.2) is 0 Å². The van der Waals surface area contributed by atoms with Gasteiger partial charge in [0.05, 0.1) is 5.41 Å². The van der Waals surface area contributed by atoms with E-state index < -0.39 is 5.41 Å². The van der Waals surface area contributed by atoms with Crippen LogP contribution in [0.2, 0.25) is 0 Å². The Kier molecular flexibility index (Phi) is 6.29. The minimum Gasteiger partial charge on any atom is -0.456 e. The van der Waals surface area contributed by atoms with Crippen LogP contribution < -0.4 is 4.90 Å². The van der Waals surface area contributed by atoms with E-state index in [4.69, 9.17) is 4.42 Å². The summed E-state index contributed by atoms with van der Waals surface area (Å²) in [6.07, 6.45) is 0. The molecule has 2 aliphatic rings. The Bertz CT molecular complexity index is 3090. The fourth-order valence-corrected chi connectivity index (χ4v) is 9.87. The maximum Gasteiger partial charge on any atom is 0.136 e. The molecule has 0 atom stereocenters. The number of para-hydroxylation sites is 2. The molecular formula is C53H33NO. The zero-order chi connectivity index (χ0) is 36.1. The van der Waals surface area contributed by atoms with Crippen molar-refractivity contribution in [2.45, 2.75) is 5.41 Å². The average molecular weight is 700 g/mol. The predicted octanol–water partition coefficient (Wildman–Crippen LogP) is 14.2. The Morgan fingerprint density at radius 1 is 0.345 bits per heavy atom. The van der Waals surface area contributed by atoms with Crippen molar-refractivity contribution in [3.05, 3.63) is 222 Å². The molecule has 2 aliphatic carbocycles. The van der Waals surface area contributed by atoms with Gasteiger partial charge in [-0.1, -0.05) is 152 Å². The zero-order valence-corrected chi connectivity index (χ0v) is 29.9. The van der Waals surface area contributed by atoms with E-state index in [1.807, 2.05) is 6.07 Å². The predicted molar refractivity (Wildman–Crippen MR) is 228 cm³/mol. The van der Waals surface area contributed by atoms with E-state index in [-0.39, 0.29) is 0 Å². The van der Waals surface area contributed by atoms with Crippen LogP contribution in [0.25, 0.3) is 66.1 Å². The molecule has 0 bridgehead atoms. The van der Waals surface area contributed by atoms with Crippen LogP contribution in [-0.4, -0.2) is 0 Å². The average Bonchev–Trinajstić information content (AvgIpc) is 3.88. The van der Waals surface area contributed by atoms with Crippen LogP contribution in [0, 0.1) is 0 Å². The molecule has 0 fully saturated rings. The lowest BCUT2D eigenvalue weighted by atomic mass is 9.70. The van der Waals surface area contributed by atoms with Gasteiger partial charge in [0.2, 0.25) is 0 Å². The summed E-state index contributed by atoms with van der Waals surface area (Å²) in [5, 5.41) is 4.74. The number of fused-ring (bicyclic) bond motifs is 15. The second-order valence-electron chi connectivity index (χ2n) is 14.8. The lowest BCUT2D eigenvalue weighted by Gasteiger charge is -2.32. The first-order chi connectivity index (χ1) is 27.3. The van der Waals surface area contributed by atoms with Crippen LogP contribution in [0.3, 0.4) is 0 Å². The maximum atomic E-state index is 6.32. The third kappa shape index (κ3) is 4.14. The van der Waals surface area contributed by atoms with E-state index >= 15 is 0 Å². The molecule has 10 aromatic rings. The minimum atomic E-state index is -0.404. The molecule has 2 heteroatoms. The molecule has 0 saturated heterocycles. The molecule has 256 valence electrons. The number of hydrogen-bond acceptors (Lipinski definition) is 2. The van der Waals surface area contributed by atoms with Crippen LogP contribution in [0.1, 0.15) is 22.3 Å². The molecule has 55 heavy (non-hydrogen) atoms. The van der Waals surface area contributed by atoms with Gasteiger partial charge in [-0.15, -0.1) is 0 Å². The highest BCUT2D eigenvalue weighted by molar-refractivity contribution is 6.22. The van der Waals surface area contributed by atoms with Gasteiger partial charge in [-0.05, 0) is 110 Å². The SMILES string of the molecule is c1ccc(N(c2ccc(-c3cccc4ccc5oc6ccccc6c5c34)cc2)c2ccc3c(c2)C2(c4ccccc4-c4ccccc42)c2ccccc2-3)cc1. The minimum absolute atomic E-state index is 0.404. The Morgan fingerprint density at radius 2 is 0.909 bits per heavy atom. The molecule has 1 aromatic heterocycles. The van der Waals surface area contributed by atoms with Crippen molar-refractivity contribution in [3.63, 3.8) is 0 Å². The van der Waals surface area contributed by atoms with E-state index in [2.05, 4.69) is 199 Å². The van der Waals surface area contributed by atoms with Crippen LogP contribution in [0.5, 0.6) is 0 Å². The molecule has 2 nitrogen and oxygen atoms in total. The summed E-state index contributed by atoms with van der Waals surface area (Å²) < 4.78 is 6.32. The number of anilines is 3. The standard InChI is InChI=1S/C53H33NO/c1-2-14-36(15-3-1)54(37-28-25-34(26-29-37)39-20-12-13-35-27-32-50-52(51(35)39)44-19-7-11-24-49(44)55-50)38-30-31-43-42-18-6-10-23-47(42)53(48(43)33-38)45-21-8-4-16-40(45)41-17-5-9-22-46(41)53/h1-33H. The Labute approximate surface area is 319 Å². The van der Waals surface area contributed by atoms with Crippen molar-refractivity contribution in [1.82, 2.24) is 0 Å². The van der Waals surface area contributed by atoms with Crippen molar-refractivity contribution in [2.24, 2.45) is 0 Å². The molecule has 12 rings (SSSR count). The summed E-state index contributed by atoms with van der Waals surface area (Å²) in [6, 6.07) is 73.2. The molecule has 1 spiro atoms. The second kappa shape index (κ2) is 11.4. The van der Waals surface area contributed by atoms with Gasteiger partial charge in [-0.3, -0.25) is 0 Å². The highest BCUT2D eigenvalue weighted by atomic mass is 16.3. The van der Waals surface area contributed by atoms with Crippen LogP contribution >= 0.6 is 0 Å². The third-order valence-electron chi connectivity index (χ3n) is 12.1. The Balaban J connectivity index is 1.05. The third-order valence-corrected chi connectivity index (χ3v) is 12.1. The Hall–Kier alpha value is -7.16. The largest absolute Gasteiger partial charge is 0.456 e. The number of rotatable bonds is 4. The van der Waals surface area contributed by atoms with E-state index in [1.165, 1.54) is 71.8 Å². The normalized spacial score (nSPS) is 13.2. The van der Waals surface area contributed by atoms with E-state index in [1.54, 1.807) is 0 Å². The van der Waals surface area contributed by atoms with Gasteiger partial charge < -0.3 is 9.32 Å². The lowest BCUT2D eigenvalue weighted by molar-refractivity contribution is 0.669. The van der Waals surface area contributed by atoms with Gasteiger partial charge >= 0.3 is 0 Å². The van der Waals surface area contributed by atoms with Gasteiger partial charge in [0.15, 0.2) is 0 Å². The number of hydrogen-bond donors (Lipinski definition) is 0. The molecule has 0 aliphatic heterocycles. The quantitative estimate of drug-likeness (QED) is 0.182. The van der Waals surface area contributed by atoms with E-state index in [0.29, 0.717) is 0 Å².